The number of alkyl carbamates (subject to hydrolysis) is 1. The van der Waals surface area contributed by atoms with Gasteiger partial charge >= 0.3 is 19.2 Å². The van der Waals surface area contributed by atoms with Crippen molar-refractivity contribution in [1.29, 1.82) is 0 Å². The van der Waals surface area contributed by atoms with E-state index < -0.39 is 36.1 Å². The Kier molecular flexibility index (Phi) is 9.11. The summed E-state index contributed by atoms with van der Waals surface area (Å²) >= 11 is 0. The van der Waals surface area contributed by atoms with Gasteiger partial charge in [-0.2, -0.15) is 0 Å². The Balaban J connectivity index is 1.39. The van der Waals surface area contributed by atoms with E-state index >= 15 is 0 Å². The van der Waals surface area contributed by atoms with Gasteiger partial charge < -0.3 is 29.0 Å². The molecule has 1 aromatic heterocycles. The van der Waals surface area contributed by atoms with Gasteiger partial charge in [0.15, 0.2) is 0 Å². The van der Waals surface area contributed by atoms with E-state index in [0.29, 0.717) is 31.6 Å². The topological polar surface area (TPSA) is 112 Å². The number of aromatic nitrogens is 2. The molecule has 206 valence electrons. The van der Waals surface area contributed by atoms with E-state index in [4.69, 9.17) is 18.8 Å². The first-order chi connectivity index (χ1) is 17.2. The van der Waals surface area contributed by atoms with Crippen molar-refractivity contribution in [2.24, 2.45) is 5.92 Å². The van der Waals surface area contributed by atoms with E-state index in [1.165, 1.54) is 0 Å². The average molecular weight is 518 g/mol. The van der Waals surface area contributed by atoms with Gasteiger partial charge in [-0.1, -0.05) is 0 Å². The molecule has 0 radical (unpaired) electrons. The largest absolute Gasteiger partial charge is 0.498 e. The van der Waals surface area contributed by atoms with Crippen molar-refractivity contribution >= 4 is 24.6 Å². The molecule has 2 saturated heterocycles. The Morgan fingerprint density at radius 3 is 2.41 bits per heavy atom. The Bertz CT molecular complexity index is 918. The summed E-state index contributed by atoms with van der Waals surface area (Å²) in [5, 5.41) is 2.65. The zero-order valence-electron chi connectivity index (χ0n) is 23.6. The second kappa shape index (κ2) is 11.6. The summed E-state index contributed by atoms with van der Waals surface area (Å²) in [5.41, 5.74) is -0.684. The highest BCUT2D eigenvalue weighted by Gasteiger charge is 2.52. The average Bonchev–Trinajstić information content (AvgIpc) is 3.02. The molecular formula is C26H43BN4O6. The second-order valence-corrected chi connectivity index (χ2v) is 12.0. The minimum absolute atomic E-state index is 0.0812. The lowest BCUT2D eigenvalue weighted by Gasteiger charge is -2.34. The van der Waals surface area contributed by atoms with Crippen LogP contribution in [0.3, 0.4) is 0 Å². The van der Waals surface area contributed by atoms with Gasteiger partial charge in [0, 0.05) is 30.9 Å². The highest BCUT2D eigenvalue weighted by molar-refractivity contribution is 6.61. The Hall–Kier alpha value is -2.40. The monoisotopic (exact) mass is 518 g/mol. The van der Waals surface area contributed by atoms with Crippen LogP contribution in [0.25, 0.3) is 0 Å². The van der Waals surface area contributed by atoms with Crippen LogP contribution in [0.4, 0.5) is 4.79 Å². The number of hydrogen-bond acceptors (Lipinski definition) is 8. The summed E-state index contributed by atoms with van der Waals surface area (Å²) in [6, 6.07) is -0.308. The maximum Gasteiger partial charge on any atom is 0.498 e. The predicted octanol–water partition coefficient (Wildman–Crippen LogP) is 3.09. The van der Waals surface area contributed by atoms with Crippen molar-refractivity contribution < 1.29 is 28.4 Å². The molecule has 2 atom stereocenters. The molecule has 1 N–H and O–H groups in total. The van der Waals surface area contributed by atoms with E-state index in [1.54, 1.807) is 40.1 Å². The number of carbonyl (C=O) groups excluding carboxylic acids is 2. The van der Waals surface area contributed by atoms with Crippen LogP contribution in [0.5, 0.6) is 6.01 Å². The van der Waals surface area contributed by atoms with Gasteiger partial charge in [-0.15, -0.1) is 0 Å². The smallest absolute Gasteiger partial charge is 0.463 e. The van der Waals surface area contributed by atoms with Gasteiger partial charge in [-0.05, 0) is 87.0 Å². The third-order valence-corrected chi connectivity index (χ3v) is 7.10. The molecule has 2 unspecified atom stereocenters. The van der Waals surface area contributed by atoms with Gasteiger partial charge in [0.25, 0.3) is 0 Å². The molecule has 2 fully saturated rings. The Morgan fingerprint density at radius 2 is 1.81 bits per heavy atom. The van der Waals surface area contributed by atoms with E-state index in [2.05, 4.69) is 15.3 Å². The van der Waals surface area contributed by atoms with Crippen molar-refractivity contribution in [2.45, 2.75) is 104 Å². The van der Waals surface area contributed by atoms with Crippen molar-refractivity contribution in [1.82, 2.24) is 20.2 Å². The van der Waals surface area contributed by atoms with Crippen molar-refractivity contribution in [2.75, 3.05) is 19.7 Å². The third kappa shape index (κ3) is 8.04. The maximum absolute atomic E-state index is 12.9. The van der Waals surface area contributed by atoms with Crippen LogP contribution in [-0.2, 0) is 18.8 Å². The quantitative estimate of drug-likeness (QED) is 0.413. The number of hydrogen-bond donors (Lipinski definition) is 1. The lowest BCUT2D eigenvalue weighted by molar-refractivity contribution is -0.134. The van der Waals surface area contributed by atoms with Crippen molar-refractivity contribution in [3.8, 4) is 6.01 Å². The zero-order valence-corrected chi connectivity index (χ0v) is 23.6. The zero-order chi connectivity index (χ0) is 27.4. The maximum atomic E-state index is 12.9. The highest BCUT2D eigenvalue weighted by atomic mass is 16.7. The summed E-state index contributed by atoms with van der Waals surface area (Å²) in [6.45, 7) is 17.0. The van der Waals surface area contributed by atoms with E-state index in [0.717, 1.165) is 31.1 Å². The van der Waals surface area contributed by atoms with Crippen LogP contribution in [0, 0.1) is 5.92 Å². The molecule has 2 aliphatic heterocycles. The van der Waals surface area contributed by atoms with Gasteiger partial charge in [-0.25, -0.2) is 14.8 Å². The molecule has 0 bridgehead atoms. The van der Waals surface area contributed by atoms with Crippen LogP contribution >= 0.6 is 0 Å². The number of likely N-dealkylation sites (tertiary alicyclic amines) is 1. The number of piperidine rings is 1. The van der Waals surface area contributed by atoms with E-state index in [1.807, 2.05) is 32.6 Å². The van der Waals surface area contributed by atoms with Crippen LogP contribution in [0.1, 0.15) is 81.1 Å². The number of amides is 2. The number of rotatable bonds is 8. The van der Waals surface area contributed by atoms with Gasteiger partial charge in [0.1, 0.15) is 11.6 Å². The molecule has 0 aliphatic carbocycles. The van der Waals surface area contributed by atoms with Crippen LogP contribution < -0.4 is 15.5 Å². The molecule has 1 aromatic rings. The third-order valence-electron chi connectivity index (χ3n) is 7.10. The number of carbonyl (C=O) groups is 2. The Labute approximate surface area is 221 Å². The van der Waals surface area contributed by atoms with Crippen LogP contribution in [0.15, 0.2) is 12.4 Å². The van der Waals surface area contributed by atoms with E-state index in [-0.39, 0.29) is 5.91 Å². The summed E-state index contributed by atoms with van der Waals surface area (Å²) in [4.78, 5) is 35.3. The Morgan fingerprint density at radius 1 is 1.19 bits per heavy atom. The number of ether oxygens (including phenoxy) is 2. The van der Waals surface area contributed by atoms with Crippen molar-refractivity contribution in [3.63, 3.8) is 0 Å². The molecule has 37 heavy (non-hydrogen) atoms. The second-order valence-electron chi connectivity index (χ2n) is 12.0. The van der Waals surface area contributed by atoms with Crippen molar-refractivity contribution in [3.05, 3.63) is 12.4 Å². The normalized spacial score (nSPS) is 21.9. The molecule has 0 saturated carbocycles. The van der Waals surface area contributed by atoms with Gasteiger partial charge in [0.2, 0.25) is 5.91 Å². The highest BCUT2D eigenvalue weighted by Crippen LogP contribution is 2.36. The van der Waals surface area contributed by atoms with Crippen LogP contribution in [0.2, 0.25) is 0 Å². The molecule has 11 heteroatoms. The fourth-order valence-electron chi connectivity index (χ4n) is 4.36. The molecule has 10 nitrogen and oxygen atoms in total. The molecule has 2 amide bonds. The molecule has 2 aliphatic rings. The first-order valence-electron chi connectivity index (χ1n) is 13.3. The molecule has 3 rings (SSSR count). The SMILES string of the molecule is CC(NC(=O)OC(C)(C)C)C(=O)N1CCCC(CCCOc2ncc(B3OC(C)(C)C(C)(C)O3)cn2)C1. The minimum atomic E-state index is -0.630. The predicted molar refractivity (Wildman–Crippen MR) is 141 cm³/mol. The molecular weight excluding hydrogens is 475 g/mol. The fourth-order valence-corrected chi connectivity index (χ4v) is 4.36. The van der Waals surface area contributed by atoms with Crippen LogP contribution in [-0.4, -0.2) is 76.5 Å². The molecule has 0 spiro atoms. The van der Waals surface area contributed by atoms with E-state index in [9.17, 15) is 9.59 Å². The molecule has 3 heterocycles. The summed E-state index contributed by atoms with van der Waals surface area (Å²) in [5.74, 6) is 0.309. The first kappa shape index (κ1) is 29.2. The van der Waals surface area contributed by atoms with Gasteiger partial charge in [-0.3, -0.25) is 4.79 Å². The lowest BCUT2D eigenvalue weighted by Crippen LogP contribution is -2.50. The molecule has 0 aromatic carbocycles. The fraction of sp³-hybridized carbons (Fsp3) is 0.769. The minimum Gasteiger partial charge on any atom is -0.463 e. The standard InChI is InChI=1S/C26H43BN4O6/c1-18(30-23(33)35-24(2,3)4)21(32)31-13-9-11-19(17-31)12-10-14-34-22-28-15-20(16-29-22)27-36-25(5,6)26(7,8)37-27/h15-16,18-19H,9-14,17H2,1-8H3,(H,30,33). The lowest BCUT2D eigenvalue weighted by atomic mass is 9.81. The summed E-state index contributed by atoms with van der Waals surface area (Å²) < 4.78 is 23.1. The summed E-state index contributed by atoms with van der Waals surface area (Å²) in [7, 11) is -0.502. The number of nitrogens with one attached hydrogen (secondary N) is 1. The number of nitrogens with zero attached hydrogens (tertiary/aromatic N) is 3. The van der Waals surface area contributed by atoms with Gasteiger partial charge in [0.05, 0.1) is 17.8 Å². The summed E-state index contributed by atoms with van der Waals surface area (Å²) in [6.07, 6.45) is 6.56. The first-order valence-corrected chi connectivity index (χ1v) is 13.3.